The second-order valence-corrected chi connectivity index (χ2v) is 6.74. The van der Waals surface area contributed by atoms with Crippen LogP contribution in [-0.4, -0.2) is 19.7 Å². The van der Waals surface area contributed by atoms with Crippen molar-refractivity contribution in [3.8, 4) is 5.82 Å². The Morgan fingerprint density at radius 3 is 2.46 bits per heavy atom. The standard InChI is InChI=1S/C20H18ClN5/c1-12-6-4-5-7-16(12)22-19-20(26-14(3)10-13(2)25-26)24-18-11-15(21)8-9-17(18)23-19/h4-11H,1-3H3,(H,22,23). The zero-order chi connectivity index (χ0) is 18.3. The molecule has 0 amide bonds. The average molecular weight is 364 g/mol. The lowest BCUT2D eigenvalue weighted by molar-refractivity contribution is 0.808. The Bertz CT molecular complexity index is 1120. The summed E-state index contributed by atoms with van der Waals surface area (Å²) < 4.78 is 1.81. The van der Waals surface area contributed by atoms with E-state index in [1.54, 1.807) is 0 Å². The van der Waals surface area contributed by atoms with Crippen LogP contribution >= 0.6 is 11.6 Å². The van der Waals surface area contributed by atoms with Crippen molar-refractivity contribution in [1.29, 1.82) is 0 Å². The van der Waals surface area contributed by atoms with E-state index in [0.717, 1.165) is 33.7 Å². The number of hydrogen-bond donors (Lipinski definition) is 1. The number of nitrogens with one attached hydrogen (secondary N) is 1. The Hall–Kier alpha value is -2.92. The summed E-state index contributed by atoms with van der Waals surface area (Å²) in [6, 6.07) is 15.6. The first-order valence-corrected chi connectivity index (χ1v) is 8.72. The van der Waals surface area contributed by atoms with Gasteiger partial charge in [0.1, 0.15) is 0 Å². The fourth-order valence-corrected chi connectivity index (χ4v) is 3.10. The van der Waals surface area contributed by atoms with Crippen LogP contribution in [0.1, 0.15) is 17.0 Å². The van der Waals surface area contributed by atoms with Gasteiger partial charge in [0.15, 0.2) is 11.6 Å². The molecule has 0 bridgehead atoms. The van der Waals surface area contributed by atoms with Gasteiger partial charge in [0.2, 0.25) is 0 Å². The summed E-state index contributed by atoms with van der Waals surface area (Å²) in [5, 5.41) is 8.62. The largest absolute Gasteiger partial charge is 0.337 e. The number of para-hydroxylation sites is 1. The van der Waals surface area contributed by atoms with Crippen molar-refractivity contribution in [2.75, 3.05) is 5.32 Å². The maximum absolute atomic E-state index is 6.14. The second kappa shape index (κ2) is 6.42. The monoisotopic (exact) mass is 363 g/mol. The van der Waals surface area contributed by atoms with E-state index in [4.69, 9.17) is 21.6 Å². The molecule has 0 radical (unpaired) electrons. The lowest BCUT2D eigenvalue weighted by Crippen LogP contribution is -2.09. The van der Waals surface area contributed by atoms with Crippen molar-refractivity contribution in [2.24, 2.45) is 0 Å². The van der Waals surface area contributed by atoms with E-state index in [1.165, 1.54) is 0 Å². The SMILES string of the molecule is Cc1cc(C)n(-c2nc3cc(Cl)ccc3nc2Nc2ccccc2C)n1. The van der Waals surface area contributed by atoms with E-state index in [1.807, 2.05) is 61.0 Å². The van der Waals surface area contributed by atoms with E-state index in [0.29, 0.717) is 16.7 Å². The molecule has 0 spiro atoms. The van der Waals surface area contributed by atoms with Crippen LogP contribution in [0.2, 0.25) is 5.02 Å². The van der Waals surface area contributed by atoms with Crippen molar-refractivity contribution >= 4 is 34.1 Å². The zero-order valence-corrected chi connectivity index (χ0v) is 15.5. The number of anilines is 2. The highest BCUT2D eigenvalue weighted by molar-refractivity contribution is 6.31. The highest BCUT2D eigenvalue weighted by Gasteiger charge is 2.15. The third-order valence-corrected chi connectivity index (χ3v) is 4.45. The number of aryl methyl sites for hydroxylation is 3. The molecule has 0 aliphatic rings. The molecular formula is C20H18ClN5. The van der Waals surface area contributed by atoms with Gasteiger partial charge < -0.3 is 5.32 Å². The predicted octanol–water partition coefficient (Wildman–Crippen LogP) is 5.14. The molecule has 4 rings (SSSR count). The maximum atomic E-state index is 6.14. The molecule has 0 saturated heterocycles. The minimum Gasteiger partial charge on any atom is -0.337 e. The smallest absolute Gasteiger partial charge is 0.197 e. The van der Waals surface area contributed by atoms with Gasteiger partial charge in [-0.2, -0.15) is 5.10 Å². The fraction of sp³-hybridized carbons (Fsp3) is 0.150. The molecule has 0 saturated carbocycles. The molecule has 2 aromatic carbocycles. The summed E-state index contributed by atoms with van der Waals surface area (Å²) in [5.74, 6) is 1.30. The topological polar surface area (TPSA) is 55.6 Å². The Labute approximate surface area is 156 Å². The molecule has 5 nitrogen and oxygen atoms in total. The average Bonchev–Trinajstić information content (AvgIpc) is 2.94. The highest BCUT2D eigenvalue weighted by atomic mass is 35.5. The van der Waals surface area contributed by atoms with Crippen LogP contribution in [0.25, 0.3) is 16.9 Å². The Kier molecular flexibility index (Phi) is 4.09. The predicted molar refractivity (Wildman–Crippen MR) is 106 cm³/mol. The van der Waals surface area contributed by atoms with Crippen molar-refractivity contribution in [3.05, 3.63) is 70.5 Å². The Balaban J connectivity index is 1.94. The molecule has 0 atom stereocenters. The van der Waals surface area contributed by atoms with Gasteiger partial charge in [-0.1, -0.05) is 29.8 Å². The van der Waals surface area contributed by atoms with Gasteiger partial charge in [-0.3, -0.25) is 0 Å². The minimum absolute atomic E-state index is 0.630. The lowest BCUT2D eigenvalue weighted by atomic mass is 10.2. The lowest BCUT2D eigenvalue weighted by Gasteiger charge is -2.14. The van der Waals surface area contributed by atoms with E-state index in [9.17, 15) is 0 Å². The van der Waals surface area contributed by atoms with E-state index in [2.05, 4.69) is 23.4 Å². The van der Waals surface area contributed by atoms with Gasteiger partial charge in [-0.15, -0.1) is 0 Å². The number of aromatic nitrogens is 4. The second-order valence-electron chi connectivity index (χ2n) is 6.31. The molecule has 26 heavy (non-hydrogen) atoms. The first kappa shape index (κ1) is 16.5. The first-order valence-electron chi connectivity index (χ1n) is 8.35. The van der Waals surface area contributed by atoms with Crippen molar-refractivity contribution in [3.63, 3.8) is 0 Å². The first-order chi connectivity index (χ1) is 12.5. The molecular weight excluding hydrogens is 346 g/mol. The fourth-order valence-electron chi connectivity index (χ4n) is 2.93. The van der Waals surface area contributed by atoms with Gasteiger partial charge in [-0.25, -0.2) is 14.6 Å². The van der Waals surface area contributed by atoms with Gasteiger partial charge >= 0.3 is 0 Å². The molecule has 130 valence electrons. The summed E-state index contributed by atoms with van der Waals surface area (Å²) in [5.41, 5.74) is 5.54. The highest BCUT2D eigenvalue weighted by Crippen LogP contribution is 2.27. The van der Waals surface area contributed by atoms with Gasteiger partial charge in [0.25, 0.3) is 0 Å². The van der Waals surface area contributed by atoms with Crippen LogP contribution in [-0.2, 0) is 0 Å². The number of hydrogen-bond acceptors (Lipinski definition) is 4. The number of rotatable bonds is 3. The molecule has 0 aliphatic carbocycles. The van der Waals surface area contributed by atoms with Crippen LogP contribution in [0, 0.1) is 20.8 Å². The summed E-state index contributed by atoms with van der Waals surface area (Å²) in [7, 11) is 0. The van der Waals surface area contributed by atoms with E-state index < -0.39 is 0 Å². The number of fused-ring (bicyclic) bond motifs is 1. The van der Waals surface area contributed by atoms with Crippen molar-refractivity contribution in [1.82, 2.24) is 19.7 Å². The summed E-state index contributed by atoms with van der Waals surface area (Å²) in [6.45, 7) is 6.02. The Morgan fingerprint density at radius 1 is 0.923 bits per heavy atom. The number of nitrogens with zero attached hydrogens (tertiary/aromatic N) is 4. The summed E-state index contributed by atoms with van der Waals surface area (Å²) in [6.07, 6.45) is 0. The van der Waals surface area contributed by atoms with Crippen LogP contribution in [0.3, 0.4) is 0 Å². The van der Waals surface area contributed by atoms with Crippen LogP contribution in [0.4, 0.5) is 11.5 Å². The number of benzene rings is 2. The molecule has 2 heterocycles. The van der Waals surface area contributed by atoms with Crippen LogP contribution < -0.4 is 5.32 Å². The van der Waals surface area contributed by atoms with Crippen LogP contribution in [0.5, 0.6) is 0 Å². The van der Waals surface area contributed by atoms with Gasteiger partial charge in [0.05, 0.1) is 16.7 Å². The van der Waals surface area contributed by atoms with E-state index >= 15 is 0 Å². The van der Waals surface area contributed by atoms with Crippen LogP contribution in [0.15, 0.2) is 48.5 Å². The minimum atomic E-state index is 0.630. The zero-order valence-electron chi connectivity index (χ0n) is 14.8. The third kappa shape index (κ3) is 3.02. The molecule has 0 aliphatic heterocycles. The van der Waals surface area contributed by atoms with Gasteiger partial charge in [-0.05, 0) is 56.7 Å². The van der Waals surface area contributed by atoms with Crippen molar-refractivity contribution in [2.45, 2.75) is 20.8 Å². The normalized spacial score (nSPS) is 11.1. The molecule has 4 aromatic rings. The number of halogens is 1. The quantitative estimate of drug-likeness (QED) is 0.547. The molecule has 6 heteroatoms. The summed E-state index contributed by atoms with van der Waals surface area (Å²) >= 11 is 6.14. The molecule has 2 aromatic heterocycles. The van der Waals surface area contributed by atoms with E-state index in [-0.39, 0.29) is 0 Å². The molecule has 0 unspecified atom stereocenters. The van der Waals surface area contributed by atoms with Gasteiger partial charge in [0, 0.05) is 16.4 Å². The molecule has 1 N–H and O–H groups in total. The maximum Gasteiger partial charge on any atom is 0.197 e. The Morgan fingerprint density at radius 2 is 1.73 bits per heavy atom. The molecule has 0 fully saturated rings. The van der Waals surface area contributed by atoms with Crippen molar-refractivity contribution < 1.29 is 0 Å². The summed E-state index contributed by atoms with van der Waals surface area (Å²) in [4.78, 5) is 9.58. The third-order valence-electron chi connectivity index (χ3n) is 4.22.